The standard InChI is InChI=1S/C10H15FN4O/c1-6(2)14-4-7(11)8-3-9(12)13-15(8)5-10(14)16/h3,6-7H,4-5H2,1-2H3,(H2,12,13). The minimum Gasteiger partial charge on any atom is -0.382 e. The summed E-state index contributed by atoms with van der Waals surface area (Å²) < 4.78 is 15.3. The van der Waals surface area contributed by atoms with E-state index in [-0.39, 0.29) is 30.9 Å². The van der Waals surface area contributed by atoms with E-state index in [4.69, 9.17) is 5.73 Å². The minimum atomic E-state index is -1.22. The molecule has 0 aromatic carbocycles. The van der Waals surface area contributed by atoms with E-state index in [1.54, 1.807) is 0 Å². The Balaban J connectivity index is 2.34. The van der Waals surface area contributed by atoms with Gasteiger partial charge in [0.15, 0.2) is 6.17 Å². The van der Waals surface area contributed by atoms with Crippen LogP contribution in [-0.4, -0.2) is 33.2 Å². The van der Waals surface area contributed by atoms with Crippen LogP contribution >= 0.6 is 0 Å². The van der Waals surface area contributed by atoms with E-state index in [0.29, 0.717) is 5.69 Å². The molecule has 1 amide bonds. The third kappa shape index (κ3) is 1.75. The van der Waals surface area contributed by atoms with Crippen molar-refractivity contribution in [1.82, 2.24) is 14.7 Å². The lowest BCUT2D eigenvalue weighted by Crippen LogP contribution is -2.39. The zero-order valence-electron chi connectivity index (χ0n) is 9.35. The molecule has 2 heterocycles. The van der Waals surface area contributed by atoms with Crippen molar-refractivity contribution in [3.8, 4) is 0 Å². The van der Waals surface area contributed by atoms with E-state index in [9.17, 15) is 9.18 Å². The maximum Gasteiger partial charge on any atom is 0.244 e. The Morgan fingerprint density at radius 2 is 2.31 bits per heavy atom. The highest BCUT2D eigenvalue weighted by atomic mass is 19.1. The number of anilines is 1. The van der Waals surface area contributed by atoms with Crippen LogP contribution in [0, 0.1) is 0 Å². The quantitative estimate of drug-likeness (QED) is 0.767. The molecule has 1 unspecified atom stereocenters. The molecule has 1 aliphatic heterocycles. The summed E-state index contributed by atoms with van der Waals surface area (Å²) in [4.78, 5) is 13.4. The number of carbonyl (C=O) groups is 1. The van der Waals surface area contributed by atoms with E-state index < -0.39 is 6.17 Å². The minimum absolute atomic E-state index is 0.00676. The van der Waals surface area contributed by atoms with E-state index in [2.05, 4.69) is 5.10 Å². The van der Waals surface area contributed by atoms with E-state index in [0.717, 1.165) is 0 Å². The molecule has 0 saturated carbocycles. The fourth-order valence-corrected chi connectivity index (χ4v) is 1.92. The summed E-state index contributed by atoms with van der Waals surface area (Å²) in [5.41, 5.74) is 5.87. The monoisotopic (exact) mass is 226 g/mol. The Morgan fingerprint density at radius 3 is 2.94 bits per heavy atom. The molecular weight excluding hydrogens is 211 g/mol. The lowest BCUT2D eigenvalue weighted by atomic mass is 10.2. The summed E-state index contributed by atoms with van der Waals surface area (Å²) in [5.74, 6) is 0.128. The Labute approximate surface area is 93.0 Å². The van der Waals surface area contributed by atoms with Crippen molar-refractivity contribution in [3.63, 3.8) is 0 Å². The van der Waals surface area contributed by atoms with Crippen LogP contribution in [0.25, 0.3) is 0 Å². The summed E-state index contributed by atoms with van der Waals surface area (Å²) in [7, 11) is 0. The molecule has 0 aliphatic carbocycles. The summed E-state index contributed by atoms with van der Waals surface area (Å²) in [6, 6.07) is 1.48. The fourth-order valence-electron chi connectivity index (χ4n) is 1.92. The van der Waals surface area contributed by atoms with Crippen molar-refractivity contribution in [2.75, 3.05) is 12.3 Å². The normalized spacial score (nSPS) is 21.1. The van der Waals surface area contributed by atoms with Crippen LogP contribution in [0.4, 0.5) is 10.2 Å². The van der Waals surface area contributed by atoms with Gasteiger partial charge in [-0.25, -0.2) is 4.39 Å². The van der Waals surface area contributed by atoms with Crippen molar-refractivity contribution in [2.24, 2.45) is 0 Å². The molecule has 0 spiro atoms. The topological polar surface area (TPSA) is 64.2 Å². The molecule has 5 nitrogen and oxygen atoms in total. The zero-order chi connectivity index (χ0) is 11.9. The van der Waals surface area contributed by atoms with Crippen LogP contribution in [-0.2, 0) is 11.3 Å². The molecule has 0 radical (unpaired) electrons. The molecule has 1 aromatic rings. The second-order valence-electron chi connectivity index (χ2n) is 4.26. The molecule has 2 N–H and O–H groups in total. The van der Waals surface area contributed by atoms with Gasteiger partial charge < -0.3 is 10.6 Å². The summed E-state index contributed by atoms with van der Waals surface area (Å²) in [5, 5.41) is 3.91. The number of hydrogen-bond donors (Lipinski definition) is 1. The van der Waals surface area contributed by atoms with Crippen LogP contribution in [0.5, 0.6) is 0 Å². The van der Waals surface area contributed by atoms with E-state index >= 15 is 0 Å². The fraction of sp³-hybridized carbons (Fsp3) is 0.600. The van der Waals surface area contributed by atoms with Gasteiger partial charge >= 0.3 is 0 Å². The van der Waals surface area contributed by atoms with Crippen LogP contribution in [0.3, 0.4) is 0 Å². The van der Waals surface area contributed by atoms with Crippen LogP contribution in [0.1, 0.15) is 25.7 Å². The molecule has 16 heavy (non-hydrogen) atoms. The number of fused-ring (bicyclic) bond motifs is 1. The number of amides is 1. The maximum atomic E-state index is 13.9. The molecule has 0 fully saturated rings. The van der Waals surface area contributed by atoms with E-state index in [1.807, 2.05) is 13.8 Å². The van der Waals surface area contributed by atoms with Gasteiger partial charge in [-0.3, -0.25) is 9.48 Å². The van der Waals surface area contributed by atoms with Gasteiger partial charge in [0.2, 0.25) is 5.91 Å². The number of nitrogens with two attached hydrogens (primary N) is 1. The molecule has 1 aliphatic rings. The third-order valence-corrected chi connectivity index (χ3v) is 2.74. The highest BCUT2D eigenvalue weighted by molar-refractivity contribution is 5.77. The number of nitrogen functional groups attached to an aromatic ring is 1. The van der Waals surface area contributed by atoms with E-state index in [1.165, 1.54) is 15.6 Å². The Morgan fingerprint density at radius 1 is 1.62 bits per heavy atom. The zero-order valence-corrected chi connectivity index (χ0v) is 9.35. The van der Waals surface area contributed by atoms with Gasteiger partial charge in [0.05, 0.1) is 12.2 Å². The molecular formula is C10H15FN4O. The van der Waals surface area contributed by atoms with Crippen molar-refractivity contribution < 1.29 is 9.18 Å². The first-order chi connectivity index (χ1) is 7.49. The molecule has 1 atom stereocenters. The highest BCUT2D eigenvalue weighted by Gasteiger charge is 2.29. The lowest BCUT2D eigenvalue weighted by Gasteiger charge is -2.25. The average molecular weight is 226 g/mol. The van der Waals surface area contributed by atoms with Gasteiger partial charge in [-0.15, -0.1) is 0 Å². The van der Waals surface area contributed by atoms with Crippen LogP contribution < -0.4 is 5.73 Å². The third-order valence-electron chi connectivity index (χ3n) is 2.74. The number of rotatable bonds is 1. The molecule has 0 saturated heterocycles. The number of aromatic nitrogens is 2. The van der Waals surface area contributed by atoms with Crippen LogP contribution in [0.2, 0.25) is 0 Å². The highest BCUT2D eigenvalue weighted by Crippen LogP contribution is 2.25. The number of alkyl halides is 1. The number of nitrogens with zero attached hydrogens (tertiary/aromatic N) is 3. The Hall–Kier alpha value is -1.59. The van der Waals surface area contributed by atoms with Gasteiger partial charge in [0.25, 0.3) is 0 Å². The average Bonchev–Trinajstić information content (AvgIpc) is 2.49. The smallest absolute Gasteiger partial charge is 0.244 e. The molecule has 6 heteroatoms. The van der Waals surface area contributed by atoms with Gasteiger partial charge in [-0.05, 0) is 13.8 Å². The van der Waals surface area contributed by atoms with Crippen LogP contribution in [0.15, 0.2) is 6.07 Å². The Kier molecular flexibility index (Phi) is 2.57. The first-order valence-electron chi connectivity index (χ1n) is 5.26. The maximum absolute atomic E-state index is 13.9. The second-order valence-corrected chi connectivity index (χ2v) is 4.26. The first-order valence-corrected chi connectivity index (χ1v) is 5.26. The predicted molar refractivity (Wildman–Crippen MR) is 57.3 cm³/mol. The largest absolute Gasteiger partial charge is 0.382 e. The molecule has 0 bridgehead atoms. The summed E-state index contributed by atoms with van der Waals surface area (Å²) in [6.07, 6.45) is -1.22. The van der Waals surface area contributed by atoms with Crippen molar-refractivity contribution in [3.05, 3.63) is 11.8 Å². The predicted octanol–water partition coefficient (Wildman–Crippen LogP) is 0.727. The second kappa shape index (κ2) is 3.77. The van der Waals surface area contributed by atoms with Gasteiger partial charge in [-0.2, -0.15) is 5.10 Å². The number of hydrogen-bond acceptors (Lipinski definition) is 3. The molecule has 1 aromatic heterocycles. The molecule has 2 rings (SSSR count). The van der Waals surface area contributed by atoms with Gasteiger partial charge in [0.1, 0.15) is 12.4 Å². The lowest BCUT2D eigenvalue weighted by molar-refractivity contribution is -0.133. The van der Waals surface area contributed by atoms with Crippen molar-refractivity contribution in [2.45, 2.75) is 32.6 Å². The van der Waals surface area contributed by atoms with Gasteiger partial charge in [0, 0.05) is 12.1 Å². The first kappa shape index (κ1) is 10.9. The summed E-state index contributed by atoms with van der Waals surface area (Å²) in [6.45, 7) is 3.87. The Bertz CT molecular complexity index is 415. The number of carbonyl (C=O) groups excluding carboxylic acids is 1. The van der Waals surface area contributed by atoms with Crippen molar-refractivity contribution >= 4 is 11.7 Å². The van der Waals surface area contributed by atoms with Crippen molar-refractivity contribution in [1.29, 1.82) is 0 Å². The van der Waals surface area contributed by atoms with Gasteiger partial charge in [-0.1, -0.05) is 0 Å². The number of halogens is 1. The SMILES string of the molecule is CC(C)N1CC(F)c2cc(N)nn2CC1=O. The summed E-state index contributed by atoms with van der Waals surface area (Å²) >= 11 is 0. The molecule has 88 valence electrons.